The quantitative estimate of drug-likeness (QED) is 0.0547. The number of hydrogen-bond donors (Lipinski definition) is 10. The predicted molar refractivity (Wildman–Crippen MR) is 461 cm³/mol. The van der Waals surface area contributed by atoms with E-state index in [-0.39, 0.29) is 90.7 Å². The van der Waals surface area contributed by atoms with Gasteiger partial charge in [-0.1, -0.05) is 119 Å². The number of nitrogens with one attached hydrogen (secondary N) is 10. The van der Waals surface area contributed by atoms with Crippen molar-refractivity contribution in [1.82, 2.24) is 80.5 Å². The number of fused-ring (bicyclic) bond motifs is 6. The zero-order valence-corrected chi connectivity index (χ0v) is 72.7. The molecule has 7 aliphatic rings. The van der Waals surface area contributed by atoms with E-state index >= 15 is 0 Å². The van der Waals surface area contributed by atoms with Gasteiger partial charge in [0.05, 0.1) is 83.7 Å². The molecule has 0 bridgehead atoms. The topological polar surface area (TPSA) is 366 Å². The maximum atomic E-state index is 14.1. The van der Waals surface area contributed by atoms with Crippen molar-refractivity contribution in [3.63, 3.8) is 0 Å². The molecule has 33 heteroatoms. The fraction of sp³-hybridized carbons (Fsp3) is 0.433. The summed E-state index contributed by atoms with van der Waals surface area (Å²) in [6.07, 6.45) is 10.0. The summed E-state index contributed by atoms with van der Waals surface area (Å²) in [6, 6.07) is 24.5. The predicted octanol–water partition coefficient (Wildman–Crippen LogP) is 17.6. The van der Waals surface area contributed by atoms with Crippen LogP contribution in [0, 0.1) is 65.7 Å². The van der Waals surface area contributed by atoms with E-state index in [9.17, 15) is 41.5 Å². The molecule has 10 amide bonds. The summed E-state index contributed by atoms with van der Waals surface area (Å²) in [4.78, 5) is 75.2. The number of pyridine rings is 1. The molecule has 2 aliphatic carbocycles. The van der Waals surface area contributed by atoms with Gasteiger partial charge < -0.3 is 51.1 Å². The summed E-state index contributed by atoms with van der Waals surface area (Å²) in [5.74, 6) is -1.54. The van der Waals surface area contributed by atoms with Crippen molar-refractivity contribution in [3.8, 4) is 12.1 Å². The fourth-order valence-corrected chi connectivity index (χ4v) is 16.9. The Bertz CT molecular complexity index is 5710. The van der Waals surface area contributed by atoms with Gasteiger partial charge in [-0.05, 0) is 117 Å². The number of benzene rings is 4. The number of aromatic amines is 5. The van der Waals surface area contributed by atoms with Crippen molar-refractivity contribution in [3.05, 3.63) is 227 Å². The Labute approximate surface area is 717 Å². The molecule has 28 nitrogen and oxygen atoms in total. The SMILES string of the molecule is CC(C)(C)c1n[nH]c2c1CN(C(=O)Nc1ccc(F)c(C#N)c1)CC2.CC(C)(C)c1n[nH]c2c1CN(C(=O)Nc1cccc(C#N)c1F)CC2.Cc1cc(NC(=O)N2CCc3[nH]nc(C(C)(C)C)c3C2)ccc1F.Cc1cccc(NC(=O)N2CCc3[nH]nc(C(C)(C)C)c3C2)c1.O=C(Nc1ccnc(Cl)c1F)N1CCc2[nH]nc(C34CCCC3C4)c2C1. The number of carbonyl (C=O) groups excluding carboxylic acids is 5. The highest BCUT2D eigenvalue weighted by Crippen LogP contribution is 2.65. The molecule has 11 heterocycles. The molecule has 123 heavy (non-hydrogen) atoms. The molecule has 5 aliphatic heterocycles. The summed E-state index contributed by atoms with van der Waals surface area (Å²) in [5, 5.41) is 69.2. The lowest BCUT2D eigenvalue weighted by Gasteiger charge is -2.29. The Morgan fingerprint density at radius 2 is 0.837 bits per heavy atom. The Kier molecular flexibility index (Phi) is 25.7. The molecule has 646 valence electrons. The van der Waals surface area contributed by atoms with Crippen LogP contribution in [0.4, 0.5) is 70.0 Å². The fourth-order valence-electron chi connectivity index (χ4n) is 16.7. The van der Waals surface area contributed by atoms with Crippen molar-refractivity contribution in [1.29, 1.82) is 10.5 Å². The van der Waals surface area contributed by atoms with E-state index in [1.165, 1.54) is 79.9 Å². The van der Waals surface area contributed by atoms with Crippen LogP contribution in [0.15, 0.2) is 91.1 Å². The third-order valence-electron chi connectivity index (χ3n) is 23.3. The van der Waals surface area contributed by atoms with E-state index in [0.29, 0.717) is 95.2 Å². The summed E-state index contributed by atoms with van der Waals surface area (Å²) >= 11 is 5.69. The number of aryl methyl sites for hydroxylation is 2. The molecule has 6 aromatic heterocycles. The van der Waals surface area contributed by atoms with Gasteiger partial charge in [0.25, 0.3) is 0 Å². The maximum absolute atomic E-state index is 14.1. The first-order valence-corrected chi connectivity index (χ1v) is 41.8. The molecular weight excluding hydrogens is 1590 g/mol. The number of aromatic nitrogens is 11. The normalized spacial score (nSPS) is 16.8. The number of rotatable bonds is 6. The van der Waals surface area contributed by atoms with Crippen LogP contribution in [0.1, 0.15) is 216 Å². The lowest BCUT2D eigenvalue weighted by atomic mass is 9.87. The monoisotopic (exact) mass is 1700 g/mol. The molecule has 0 radical (unpaired) electrons. The molecule has 10 N–H and O–H groups in total. The largest absolute Gasteiger partial charge is 0.322 e. The van der Waals surface area contributed by atoms with E-state index in [4.69, 9.17) is 22.1 Å². The third kappa shape index (κ3) is 20.0. The molecule has 17 rings (SSSR count). The number of carbonyl (C=O) groups is 5. The minimum absolute atomic E-state index is 0.0121. The first kappa shape index (κ1) is 88.2. The zero-order chi connectivity index (χ0) is 88.4. The van der Waals surface area contributed by atoms with Gasteiger partial charge in [0.15, 0.2) is 16.8 Å². The highest BCUT2D eigenvalue weighted by molar-refractivity contribution is 6.29. The van der Waals surface area contributed by atoms with E-state index in [1.54, 1.807) is 56.9 Å². The minimum atomic E-state index is -0.713. The van der Waals surface area contributed by atoms with Crippen LogP contribution in [0.5, 0.6) is 0 Å². The Balaban J connectivity index is 0.000000132. The van der Waals surface area contributed by atoms with Gasteiger partial charge in [-0.25, -0.2) is 46.5 Å². The number of nitrogens with zero attached hydrogens (tertiary/aromatic N) is 13. The Morgan fingerprint density at radius 1 is 0.455 bits per heavy atom. The van der Waals surface area contributed by atoms with Crippen LogP contribution in [0.3, 0.4) is 0 Å². The minimum Gasteiger partial charge on any atom is -0.320 e. The zero-order valence-electron chi connectivity index (χ0n) is 71.9. The molecule has 2 unspecified atom stereocenters. The van der Waals surface area contributed by atoms with Gasteiger partial charge in [0.1, 0.15) is 23.8 Å². The Hall–Kier alpha value is -12.6. The van der Waals surface area contributed by atoms with Crippen molar-refractivity contribution in [2.24, 2.45) is 5.92 Å². The first-order chi connectivity index (χ1) is 58.3. The van der Waals surface area contributed by atoms with E-state index in [1.807, 2.05) is 36.1 Å². The molecule has 0 spiro atoms. The number of H-pyrrole nitrogens is 5. The van der Waals surface area contributed by atoms with Crippen molar-refractivity contribution in [2.45, 2.75) is 215 Å². The van der Waals surface area contributed by atoms with Crippen LogP contribution in [-0.2, 0) is 91.9 Å². The van der Waals surface area contributed by atoms with Crippen LogP contribution in [-0.4, -0.2) is 143 Å². The molecule has 2 fully saturated rings. The molecule has 0 saturated heterocycles. The molecule has 10 aromatic rings. The van der Waals surface area contributed by atoms with Crippen molar-refractivity contribution < 1.29 is 41.5 Å². The first-order valence-electron chi connectivity index (χ1n) is 41.4. The van der Waals surface area contributed by atoms with Gasteiger partial charge in [0.2, 0.25) is 0 Å². The molecule has 2 saturated carbocycles. The highest BCUT2D eigenvalue weighted by atomic mass is 35.5. The summed E-state index contributed by atoms with van der Waals surface area (Å²) in [6.45, 7) is 34.5. The number of anilines is 5. The van der Waals surface area contributed by atoms with Crippen LogP contribution >= 0.6 is 11.6 Å². The third-order valence-corrected chi connectivity index (χ3v) is 23.6. The van der Waals surface area contributed by atoms with Crippen LogP contribution < -0.4 is 26.6 Å². The second-order valence-corrected chi connectivity index (χ2v) is 36.8. The highest BCUT2D eigenvalue weighted by Gasteiger charge is 2.60. The number of urea groups is 5. The summed E-state index contributed by atoms with van der Waals surface area (Å²) in [5.41, 5.74) is 19.4. The lowest BCUT2D eigenvalue weighted by Crippen LogP contribution is -2.39. The van der Waals surface area contributed by atoms with Gasteiger partial charge in [0, 0.05) is 171 Å². The average Bonchev–Trinajstić information content (AvgIpc) is 1.54. The van der Waals surface area contributed by atoms with Gasteiger partial charge in [-0.3, -0.25) is 25.5 Å². The lowest BCUT2D eigenvalue weighted by molar-refractivity contribution is 0.205. The van der Waals surface area contributed by atoms with Gasteiger partial charge in [-0.15, -0.1) is 0 Å². The van der Waals surface area contributed by atoms with E-state index in [2.05, 4.69) is 166 Å². The second kappa shape index (κ2) is 35.8. The maximum Gasteiger partial charge on any atom is 0.322 e. The number of nitriles is 2. The Morgan fingerprint density at radius 3 is 1.24 bits per heavy atom. The van der Waals surface area contributed by atoms with Crippen LogP contribution in [0.2, 0.25) is 5.15 Å². The summed E-state index contributed by atoms with van der Waals surface area (Å²) in [7, 11) is 0. The van der Waals surface area contributed by atoms with Crippen molar-refractivity contribution in [2.75, 3.05) is 59.3 Å². The second-order valence-electron chi connectivity index (χ2n) is 36.5. The van der Waals surface area contributed by atoms with Crippen molar-refractivity contribution >= 4 is 70.2 Å². The number of amides is 10. The van der Waals surface area contributed by atoms with E-state index < -0.39 is 17.5 Å². The average molecular weight is 1700 g/mol. The van der Waals surface area contributed by atoms with Crippen LogP contribution in [0.25, 0.3) is 0 Å². The standard InChI is InChI=1S/C18H19ClFN5O.2C18H20FN5O.C18H23FN4O.C18H24N4O/c19-16-14(20)13(3-6-21-16)22-17(26)25-7-4-12-11(9-25)15(24-23-12)18-5-1-2-10(18)8-18;1-18(2,3)16-13-10-24(7-6-15(13)22-23-16)17(25)21-12-4-5-14(19)11(8-12)9-20;1-18(2,3)16-12-10-24(8-7-13(12)22-23-16)17(25)21-14-6-4-5-11(9-20)15(14)19;1-11-9-12(5-6-14(11)19)20-17(24)23-8-7-15-13(10-23)16(22-21-15)18(2,3)4;1-12-6-5-7-13(10-12)19-17(23)22-9-8-15-14(11-22)16(21-20-15)18(2,3)4/h3,6,10H,1-2,4-5,7-9H2,(H,23,24)(H,21,22,26);4-5,8H,6-7,10H2,1-3H3,(H,21,25)(H,22,23);4-6H,7-8,10H2,1-3H3,(H,21,25)(H,22,23);5-6,9H,7-8,10H2,1-4H3,(H,20,24)(H,21,22);5-7,10H,8-9,11H2,1-4H3,(H,19,23)(H,20,21). The number of halogens is 5. The molecular formula is C90H106ClF4N23O5. The molecule has 4 aromatic carbocycles. The molecule has 2 atom stereocenters. The van der Waals surface area contributed by atoms with E-state index in [0.717, 1.165) is 116 Å². The smallest absolute Gasteiger partial charge is 0.320 e. The van der Waals surface area contributed by atoms with Gasteiger partial charge in [-0.2, -0.15) is 36.0 Å². The summed E-state index contributed by atoms with van der Waals surface area (Å²) < 4.78 is 54.9. The number of hydrogen-bond acceptors (Lipinski definition) is 13. The van der Waals surface area contributed by atoms with Gasteiger partial charge >= 0.3 is 30.2 Å².